The third kappa shape index (κ3) is 31.6. The minimum Gasteiger partial charge on any atom is -0.324 e. The number of unbranched alkanes of at least 4 members (excludes halogenated alkanes) is 2. The highest BCUT2D eigenvalue weighted by molar-refractivity contribution is 5.90. The largest absolute Gasteiger partial charge is 0.416 e. The van der Waals surface area contributed by atoms with Crippen LogP contribution in [0.5, 0.6) is 0 Å². The zero-order valence-corrected chi connectivity index (χ0v) is 74.7. The van der Waals surface area contributed by atoms with E-state index in [1.807, 2.05) is 80.6 Å². The average molecular weight is 1830 g/mol. The van der Waals surface area contributed by atoms with Crippen molar-refractivity contribution in [2.45, 2.75) is 160 Å². The van der Waals surface area contributed by atoms with Gasteiger partial charge in [-0.25, -0.2) is 0 Å². The standard InChI is InChI=1S/2C23H23F3.C23H21F3.C22H18F3N.C12H13N.C10H7F3O.ClH/c3*1-17(21-15-7-12-19-11-4-5-14-22(19)21)8-2-3-9-18-10-6-13-20(16-18)23(24,25)26;1-16(20-13-5-10-18-9-2-3-12-21(18)20)26-14-6-8-17-7-4-11-19(15-17)22(23,24)25;1-9(13)11-8-4-6-10-5-2-3-7-12(10)11;11-10(12,13)9-5-1-3-8(7-9)4-2-6-14;/h2*4-7,10-17H,2-3,8-9H2,1H3;3-7,9-17H,2,8H2,1H3;2-16H,1H3;2-9H,13H2,1H3;1-7H;1H/b;;9-3+;8-6+,26-14?;;4-2+;/t;;;;9-;;/m....1../s1. The second-order valence-electron chi connectivity index (χ2n) is 32.4. The molecule has 0 aliphatic heterocycles. The molecule has 3 nitrogen and oxygen atoms in total. The molecule has 0 amide bonds. The first-order valence-corrected chi connectivity index (χ1v) is 43.6. The van der Waals surface area contributed by atoms with Crippen LogP contribution in [0.2, 0.25) is 0 Å². The number of allylic oxidation sites excluding steroid dienone is 3. The monoisotopic (exact) mass is 1830 g/mol. The van der Waals surface area contributed by atoms with Gasteiger partial charge in [0.05, 0.1) is 33.9 Å². The van der Waals surface area contributed by atoms with E-state index in [1.54, 1.807) is 48.7 Å². The summed E-state index contributed by atoms with van der Waals surface area (Å²) in [6, 6.07) is 99.9. The molecule has 5 atom stereocenters. The molecule has 2 N–H and O–H groups in total. The van der Waals surface area contributed by atoms with Gasteiger partial charge in [-0.3, -0.25) is 9.79 Å². The van der Waals surface area contributed by atoms with Crippen LogP contribution in [-0.2, 0) is 48.5 Å². The Morgan fingerprint density at radius 1 is 0.295 bits per heavy atom. The molecular formula is C113H106ClF15N2O. The van der Waals surface area contributed by atoms with E-state index >= 15 is 0 Å². The van der Waals surface area contributed by atoms with Crippen molar-refractivity contribution in [1.82, 2.24) is 0 Å². The van der Waals surface area contributed by atoms with E-state index in [9.17, 15) is 70.7 Å². The van der Waals surface area contributed by atoms with E-state index < -0.39 is 58.7 Å². The molecule has 0 aromatic heterocycles. The maximum absolute atomic E-state index is 12.8. The van der Waals surface area contributed by atoms with E-state index in [1.165, 1.54) is 126 Å². The first-order chi connectivity index (χ1) is 62.6. The van der Waals surface area contributed by atoms with Crippen molar-refractivity contribution >= 4 is 97.0 Å². The summed E-state index contributed by atoms with van der Waals surface area (Å²) in [6.07, 6.45) is -0.870. The quantitative estimate of drug-likeness (QED) is 0.0215. The Hall–Kier alpha value is -12.6. The number of aryl methyl sites for hydroxylation is 2. The first kappa shape index (κ1) is 103. The molecule has 19 heteroatoms. The molecule has 0 bridgehead atoms. The van der Waals surface area contributed by atoms with Crippen molar-refractivity contribution in [2.75, 3.05) is 0 Å². The normalized spacial score (nSPS) is 13.0. The van der Waals surface area contributed by atoms with Gasteiger partial charge in [0, 0.05) is 12.3 Å². The molecule has 0 saturated heterocycles. The highest BCUT2D eigenvalue weighted by Gasteiger charge is 2.34. The number of rotatable bonds is 24. The maximum atomic E-state index is 12.8. The van der Waals surface area contributed by atoms with Gasteiger partial charge in [0.2, 0.25) is 0 Å². The lowest BCUT2D eigenvalue weighted by molar-refractivity contribution is -0.138. The Morgan fingerprint density at radius 3 is 0.909 bits per heavy atom. The SMILES string of the molecule is CC(CC/C=C/c1cccc(C(F)(F)F)c1)c1cccc2ccccc12.CC(CCCCc1cccc(C(F)(F)F)c1)c1cccc2ccccc12.CC(CCCCc1cccc(C(F)(F)F)c1)c1cccc2ccccc12.CC(N=C/C=C/c1cccc(C(F)(F)F)c1)c1cccc2ccccc12.C[C@@H](N)c1cccc2ccccc12.Cl.O=C/C=C/c1cccc(C(F)(F)F)c1. The Balaban J connectivity index is 0.000000181. The average Bonchev–Trinajstić information content (AvgIpc) is 0.821. The lowest BCUT2D eigenvalue weighted by Gasteiger charge is -2.15. The van der Waals surface area contributed by atoms with Gasteiger partial charge in [-0.2, -0.15) is 65.9 Å². The fourth-order valence-corrected chi connectivity index (χ4v) is 15.7. The predicted octanol–water partition coefficient (Wildman–Crippen LogP) is 35.1. The molecule has 15 aromatic carbocycles. The zero-order chi connectivity index (χ0) is 94.1. The number of carbonyl (C=O) groups is 1. The molecule has 0 radical (unpaired) electrons. The van der Waals surface area contributed by atoms with Crippen molar-refractivity contribution in [1.29, 1.82) is 0 Å². The van der Waals surface area contributed by atoms with Crippen LogP contribution < -0.4 is 5.73 Å². The molecule has 0 heterocycles. The number of aldehydes is 1. The smallest absolute Gasteiger partial charge is 0.324 e. The highest BCUT2D eigenvalue weighted by Crippen LogP contribution is 2.38. The van der Waals surface area contributed by atoms with Crippen LogP contribution in [0.25, 0.3) is 72.1 Å². The summed E-state index contributed by atoms with van der Waals surface area (Å²) >= 11 is 0. The van der Waals surface area contributed by atoms with Gasteiger partial charge in [-0.05, 0) is 253 Å². The Bertz CT molecular complexity index is 6120. The number of nitrogens with two attached hydrogens (primary N) is 1. The Morgan fingerprint density at radius 2 is 0.568 bits per heavy atom. The molecule has 0 aliphatic carbocycles. The van der Waals surface area contributed by atoms with Crippen LogP contribution in [0.3, 0.4) is 0 Å². The summed E-state index contributed by atoms with van der Waals surface area (Å²) in [7, 11) is 0. The van der Waals surface area contributed by atoms with E-state index in [0.29, 0.717) is 53.6 Å². The molecule has 15 rings (SSSR count). The van der Waals surface area contributed by atoms with Crippen LogP contribution in [-0.4, -0.2) is 12.5 Å². The van der Waals surface area contributed by atoms with Gasteiger partial charge < -0.3 is 5.73 Å². The van der Waals surface area contributed by atoms with Gasteiger partial charge in [-0.1, -0.05) is 343 Å². The second kappa shape index (κ2) is 49.6. The van der Waals surface area contributed by atoms with Crippen molar-refractivity contribution in [3.63, 3.8) is 0 Å². The van der Waals surface area contributed by atoms with Crippen LogP contribution in [0, 0.1) is 0 Å². The minimum absolute atomic E-state index is 0. The van der Waals surface area contributed by atoms with E-state index in [-0.39, 0.29) is 24.5 Å². The number of benzene rings is 15. The van der Waals surface area contributed by atoms with Crippen molar-refractivity contribution < 1.29 is 70.7 Å². The number of aliphatic imine (C=N–C) groups is 1. The van der Waals surface area contributed by atoms with Gasteiger partial charge in [0.15, 0.2) is 0 Å². The number of carbonyl (C=O) groups excluding carboxylic acids is 1. The molecule has 0 fully saturated rings. The second-order valence-corrected chi connectivity index (χ2v) is 32.4. The van der Waals surface area contributed by atoms with Gasteiger partial charge in [-0.15, -0.1) is 12.4 Å². The summed E-state index contributed by atoms with van der Waals surface area (Å²) in [5, 5.41) is 12.4. The number of nitrogens with zero attached hydrogens (tertiary/aromatic N) is 1. The molecule has 4 unspecified atom stereocenters. The lowest BCUT2D eigenvalue weighted by atomic mass is 9.90. The molecule has 0 spiro atoms. The summed E-state index contributed by atoms with van der Waals surface area (Å²) in [5.74, 6) is 1.25. The molecule has 686 valence electrons. The van der Waals surface area contributed by atoms with Crippen molar-refractivity contribution in [3.8, 4) is 0 Å². The maximum Gasteiger partial charge on any atom is 0.416 e. The first-order valence-electron chi connectivity index (χ1n) is 43.6. The van der Waals surface area contributed by atoms with E-state index in [2.05, 4.69) is 177 Å². The Kier molecular flexibility index (Phi) is 38.7. The number of halogens is 16. The zero-order valence-electron chi connectivity index (χ0n) is 73.8. The summed E-state index contributed by atoms with van der Waals surface area (Å²) in [5.41, 5.74) is 12.1. The molecule has 15 aromatic rings. The number of alkyl halides is 15. The van der Waals surface area contributed by atoms with Crippen LogP contribution in [0.4, 0.5) is 65.9 Å². The van der Waals surface area contributed by atoms with Gasteiger partial charge in [0.25, 0.3) is 0 Å². The lowest BCUT2D eigenvalue weighted by Crippen LogP contribution is -2.05. The number of hydrogen-bond acceptors (Lipinski definition) is 3. The number of fused-ring (bicyclic) bond motifs is 5. The van der Waals surface area contributed by atoms with Crippen molar-refractivity contribution in [3.05, 3.63) is 435 Å². The molecular weight excluding hydrogens is 1720 g/mol. The molecule has 132 heavy (non-hydrogen) atoms. The summed E-state index contributed by atoms with van der Waals surface area (Å²) in [4.78, 5) is 14.4. The fraction of sp³-hybridized carbons (Fsp3) is 0.221. The summed E-state index contributed by atoms with van der Waals surface area (Å²) < 4.78 is 190. The molecule has 0 aliphatic rings. The summed E-state index contributed by atoms with van der Waals surface area (Å²) in [6.45, 7) is 10.7. The van der Waals surface area contributed by atoms with Crippen LogP contribution >= 0.6 is 12.4 Å². The van der Waals surface area contributed by atoms with Crippen LogP contribution in [0.15, 0.2) is 357 Å². The van der Waals surface area contributed by atoms with Gasteiger partial charge in [0.1, 0.15) is 6.29 Å². The van der Waals surface area contributed by atoms with Gasteiger partial charge >= 0.3 is 30.9 Å². The molecule has 0 saturated carbocycles. The van der Waals surface area contributed by atoms with Crippen molar-refractivity contribution in [2.24, 2.45) is 10.7 Å². The number of hydrogen-bond donors (Lipinski definition) is 1. The predicted molar refractivity (Wildman–Crippen MR) is 516 cm³/mol. The third-order valence-electron chi connectivity index (χ3n) is 22.6. The van der Waals surface area contributed by atoms with E-state index in [0.717, 1.165) is 127 Å². The topological polar surface area (TPSA) is 55.4 Å². The van der Waals surface area contributed by atoms with Crippen LogP contribution in [0.1, 0.15) is 199 Å². The third-order valence-corrected chi connectivity index (χ3v) is 22.6. The van der Waals surface area contributed by atoms with E-state index in [4.69, 9.17) is 5.73 Å². The minimum atomic E-state index is -4.34. The fourth-order valence-electron chi connectivity index (χ4n) is 15.7. The Labute approximate surface area is 768 Å². The highest BCUT2D eigenvalue weighted by atomic mass is 35.5.